The number of methoxy groups -OCH3 is 1. The molecule has 1 fully saturated rings. The van der Waals surface area contributed by atoms with E-state index in [0.29, 0.717) is 5.88 Å². The molecule has 2 aromatic rings. The lowest BCUT2D eigenvalue weighted by molar-refractivity contribution is -0.0833. The molecule has 5 nitrogen and oxygen atoms in total. The quantitative estimate of drug-likeness (QED) is 0.796. The third-order valence-corrected chi connectivity index (χ3v) is 4.62. The minimum atomic E-state index is -0.0349. The average Bonchev–Trinajstić information content (AvgIpc) is 2.85. The van der Waals surface area contributed by atoms with Gasteiger partial charge in [-0.1, -0.05) is 0 Å². The summed E-state index contributed by atoms with van der Waals surface area (Å²) in [6.45, 7) is 2.84. The molecule has 0 atom stereocenters. The van der Waals surface area contributed by atoms with Crippen molar-refractivity contribution in [1.29, 1.82) is 0 Å². The molecule has 0 radical (unpaired) electrons. The average molecular weight is 297 g/mol. The van der Waals surface area contributed by atoms with E-state index in [1.165, 1.54) is 6.42 Å². The smallest absolute Gasteiger partial charge is 0.158 e. The molecule has 3 rings (SSSR count). The summed E-state index contributed by atoms with van der Waals surface area (Å²) in [4.78, 5) is 4.74. The predicted octanol–water partition coefficient (Wildman–Crippen LogP) is 2.43. The van der Waals surface area contributed by atoms with E-state index in [1.807, 2.05) is 25.8 Å². The Morgan fingerprint density at radius 2 is 2.15 bits per heavy atom. The fraction of sp³-hybridized carbons (Fsp3) is 0.714. The Morgan fingerprint density at radius 1 is 1.40 bits per heavy atom. The molecule has 1 saturated carbocycles. The van der Waals surface area contributed by atoms with E-state index >= 15 is 0 Å². The highest BCUT2D eigenvalue weighted by Crippen LogP contribution is 2.37. The van der Waals surface area contributed by atoms with Crippen LogP contribution in [0.1, 0.15) is 30.8 Å². The summed E-state index contributed by atoms with van der Waals surface area (Å²) < 4.78 is 9.93. The van der Waals surface area contributed by atoms with Crippen LogP contribution in [-0.2, 0) is 24.8 Å². The molecule has 0 aromatic carbocycles. The first-order chi connectivity index (χ1) is 9.60. The lowest BCUT2D eigenvalue weighted by Gasteiger charge is -2.41. The van der Waals surface area contributed by atoms with E-state index in [4.69, 9.17) is 21.3 Å². The van der Waals surface area contributed by atoms with Gasteiger partial charge in [-0.15, -0.1) is 11.6 Å². The lowest BCUT2D eigenvalue weighted by atomic mass is 9.80. The van der Waals surface area contributed by atoms with Crippen molar-refractivity contribution in [3.8, 4) is 0 Å². The predicted molar refractivity (Wildman–Crippen MR) is 79.3 cm³/mol. The summed E-state index contributed by atoms with van der Waals surface area (Å²) in [6.07, 6.45) is 4.23. The van der Waals surface area contributed by atoms with E-state index in [0.717, 1.165) is 48.5 Å². The minimum Gasteiger partial charge on any atom is -0.376 e. The Kier molecular flexibility index (Phi) is 3.50. The number of hydrogen-bond donors (Lipinski definition) is 0. The molecule has 2 aromatic heterocycles. The van der Waals surface area contributed by atoms with E-state index in [2.05, 4.69) is 9.67 Å². The van der Waals surface area contributed by atoms with Crippen LogP contribution in [0.15, 0.2) is 0 Å². The third kappa shape index (κ3) is 2.04. The summed E-state index contributed by atoms with van der Waals surface area (Å²) in [7, 11) is 3.78. The van der Waals surface area contributed by atoms with Crippen LogP contribution in [0, 0.1) is 6.92 Å². The summed E-state index contributed by atoms with van der Waals surface area (Å²) >= 11 is 5.93. The first kappa shape index (κ1) is 13.9. The SMILES string of the molecule is COC1(Cn2c(CCCl)nc3c(C)nn(C)c32)CCC1. The van der Waals surface area contributed by atoms with Crippen LogP contribution in [0.25, 0.3) is 11.2 Å². The van der Waals surface area contributed by atoms with Crippen LogP contribution in [-0.4, -0.2) is 37.9 Å². The molecule has 0 bridgehead atoms. The van der Waals surface area contributed by atoms with Crippen LogP contribution in [0.4, 0.5) is 0 Å². The highest BCUT2D eigenvalue weighted by atomic mass is 35.5. The lowest BCUT2D eigenvalue weighted by Crippen LogP contribution is -2.43. The topological polar surface area (TPSA) is 44.9 Å². The first-order valence-corrected chi connectivity index (χ1v) is 7.63. The van der Waals surface area contributed by atoms with Crippen molar-refractivity contribution >= 4 is 22.8 Å². The number of fused-ring (bicyclic) bond motifs is 1. The molecule has 0 saturated heterocycles. The highest BCUT2D eigenvalue weighted by Gasteiger charge is 2.38. The zero-order chi connectivity index (χ0) is 14.3. The van der Waals surface area contributed by atoms with Crippen LogP contribution in [0.2, 0.25) is 0 Å². The van der Waals surface area contributed by atoms with Crippen LogP contribution in [0.5, 0.6) is 0 Å². The van der Waals surface area contributed by atoms with Gasteiger partial charge in [0, 0.05) is 26.5 Å². The van der Waals surface area contributed by atoms with Crippen LogP contribution < -0.4 is 0 Å². The van der Waals surface area contributed by atoms with Crippen molar-refractivity contribution < 1.29 is 4.74 Å². The molecule has 0 spiro atoms. The van der Waals surface area contributed by atoms with Gasteiger partial charge in [0.25, 0.3) is 0 Å². The molecular formula is C14H21ClN4O. The Bertz CT molecular complexity index is 621. The molecule has 6 heteroatoms. The summed E-state index contributed by atoms with van der Waals surface area (Å²) in [5.41, 5.74) is 2.99. The number of nitrogens with zero attached hydrogens (tertiary/aromatic N) is 4. The number of imidazole rings is 1. The molecule has 0 aliphatic heterocycles. The fourth-order valence-corrected chi connectivity index (χ4v) is 3.28. The molecule has 110 valence electrons. The summed E-state index contributed by atoms with van der Waals surface area (Å²) in [5.74, 6) is 1.62. The van der Waals surface area contributed by atoms with Gasteiger partial charge in [-0.3, -0.25) is 4.68 Å². The zero-order valence-corrected chi connectivity index (χ0v) is 13.1. The maximum Gasteiger partial charge on any atom is 0.158 e. The van der Waals surface area contributed by atoms with Crippen LogP contribution >= 0.6 is 11.6 Å². The molecule has 0 unspecified atom stereocenters. The van der Waals surface area contributed by atoms with Gasteiger partial charge in [0.2, 0.25) is 0 Å². The molecule has 0 N–H and O–H groups in total. The van der Waals surface area contributed by atoms with Crippen molar-refractivity contribution in [2.45, 2.75) is 44.8 Å². The van der Waals surface area contributed by atoms with Gasteiger partial charge in [-0.05, 0) is 26.2 Å². The standard InChI is InChI=1S/C14H21ClN4O/c1-10-12-13(18(2)17-10)19(11(16-12)5-8-15)9-14(20-3)6-4-7-14/h4-9H2,1-3H3. The van der Waals surface area contributed by atoms with E-state index < -0.39 is 0 Å². The number of aromatic nitrogens is 4. The summed E-state index contributed by atoms with van der Waals surface area (Å²) in [5, 5.41) is 4.47. The normalized spacial score (nSPS) is 17.6. The fourth-order valence-electron chi connectivity index (χ4n) is 3.11. The highest BCUT2D eigenvalue weighted by molar-refractivity contribution is 6.17. The van der Waals surface area contributed by atoms with Gasteiger partial charge in [0.05, 0.1) is 17.8 Å². The number of rotatable bonds is 5. The molecule has 2 heterocycles. The van der Waals surface area contributed by atoms with Crippen molar-refractivity contribution in [3.05, 3.63) is 11.5 Å². The maximum atomic E-state index is 5.93. The van der Waals surface area contributed by atoms with Gasteiger partial charge in [0.1, 0.15) is 11.3 Å². The van der Waals surface area contributed by atoms with Gasteiger partial charge >= 0.3 is 0 Å². The Morgan fingerprint density at radius 3 is 2.70 bits per heavy atom. The molecule has 20 heavy (non-hydrogen) atoms. The van der Waals surface area contributed by atoms with Gasteiger partial charge in [0.15, 0.2) is 5.65 Å². The Balaban J connectivity index is 2.08. The molecule has 1 aliphatic carbocycles. The van der Waals surface area contributed by atoms with Gasteiger partial charge in [-0.2, -0.15) is 5.10 Å². The number of ether oxygens (including phenoxy) is 1. The Labute approximate surface area is 123 Å². The van der Waals surface area contributed by atoms with E-state index in [1.54, 1.807) is 0 Å². The van der Waals surface area contributed by atoms with Crippen molar-refractivity contribution in [3.63, 3.8) is 0 Å². The maximum absolute atomic E-state index is 5.93. The third-order valence-electron chi connectivity index (χ3n) is 4.43. The van der Waals surface area contributed by atoms with Crippen molar-refractivity contribution in [1.82, 2.24) is 19.3 Å². The molecule has 1 aliphatic rings. The molecule has 0 amide bonds. The molecular weight excluding hydrogens is 276 g/mol. The van der Waals surface area contributed by atoms with Crippen molar-refractivity contribution in [2.24, 2.45) is 7.05 Å². The van der Waals surface area contributed by atoms with Gasteiger partial charge in [-0.25, -0.2) is 4.98 Å². The number of aryl methyl sites for hydroxylation is 3. The Hall–Kier alpha value is -1.07. The first-order valence-electron chi connectivity index (χ1n) is 7.10. The second-order valence-electron chi connectivity index (χ2n) is 5.68. The monoisotopic (exact) mass is 296 g/mol. The van der Waals surface area contributed by atoms with Crippen molar-refractivity contribution in [2.75, 3.05) is 13.0 Å². The van der Waals surface area contributed by atoms with E-state index in [9.17, 15) is 0 Å². The second kappa shape index (κ2) is 5.04. The number of halogens is 1. The zero-order valence-electron chi connectivity index (χ0n) is 12.3. The second-order valence-corrected chi connectivity index (χ2v) is 6.05. The van der Waals surface area contributed by atoms with E-state index in [-0.39, 0.29) is 5.60 Å². The number of hydrogen-bond acceptors (Lipinski definition) is 3. The summed E-state index contributed by atoms with van der Waals surface area (Å²) in [6, 6.07) is 0. The minimum absolute atomic E-state index is 0.0349. The van der Waals surface area contributed by atoms with Gasteiger partial charge < -0.3 is 9.30 Å². The van der Waals surface area contributed by atoms with Crippen LogP contribution in [0.3, 0.4) is 0 Å². The number of alkyl halides is 1. The largest absolute Gasteiger partial charge is 0.376 e.